The van der Waals surface area contributed by atoms with Crippen LogP contribution in [0.5, 0.6) is 0 Å². The zero-order chi connectivity index (χ0) is 14.5. The van der Waals surface area contributed by atoms with E-state index in [0.717, 1.165) is 47.0 Å². The van der Waals surface area contributed by atoms with Crippen LogP contribution >= 0.6 is 31.9 Å². The summed E-state index contributed by atoms with van der Waals surface area (Å²) in [5.74, 6) is -0.332. The lowest BCUT2D eigenvalue weighted by atomic mass is 10.1. The Hall–Kier alpha value is -0.590. The number of carbonyl (C=O) groups is 1. The lowest BCUT2D eigenvalue weighted by Crippen LogP contribution is -2.23. The molecule has 20 heavy (non-hydrogen) atoms. The molecule has 0 radical (unpaired) electrons. The molecule has 1 unspecified atom stereocenters. The summed E-state index contributed by atoms with van der Waals surface area (Å²) in [5, 5.41) is 6.88. The van der Waals surface area contributed by atoms with E-state index in [4.69, 9.17) is 4.74 Å². The zero-order valence-corrected chi connectivity index (χ0v) is 14.5. The van der Waals surface area contributed by atoms with Gasteiger partial charge in [0.15, 0.2) is 0 Å². The van der Waals surface area contributed by atoms with Crippen LogP contribution in [0.3, 0.4) is 0 Å². The van der Waals surface area contributed by atoms with E-state index in [1.54, 1.807) is 6.07 Å². The van der Waals surface area contributed by atoms with Gasteiger partial charge in [-0.15, -0.1) is 0 Å². The van der Waals surface area contributed by atoms with Crippen LogP contribution in [0.25, 0.3) is 0 Å². The number of anilines is 1. The van der Waals surface area contributed by atoms with Gasteiger partial charge in [-0.1, -0.05) is 15.9 Å². The van der Waals surface area contributed by atoms with Crippen LogP contribution in [0.15, 0.2) is 21.1 Å². The van der Waals surface area contributed by atoms with E-state index in [1.165, 1.54) is 7.11 Å². The predicted molar refractivity (Wildman–Crippen MR) is 87.3 cm³/mol. The number of ether oxygens (including phenoxy) is 1. The molecule has 1 heterocycles. The molecule has 0 amide bonds. The van der Waals surface area contributed by atoms with E-state index in [0.29, 0.717) is 11.6 Å². The second kappa shape index (κ2) is 7.43. The van der Waals surface area contributed by atoms with Gasteiger partial charge in [0.05, 0.1) is 18.4 Å². The SMILES string of the molecule is COC(=O)c1cc(Br)cc(Br)c1NC1CCCNCC1. The summed E-state index contributed by atoms with van der Waals surface area (Å²) in [6.07, 6.45) is 3.28. The number of nitrogens with one attached hydrogen (secondary N) is 2. The van der Waals surface area contributed by atoms with Gasteiger partial charge in [0.25, 0.3) is 0 Å². The number of halogens is 2. The molecule has 0 bridgehead atoms. The standard InChI is InChI=1S/C14H18Br2N2O2/c1-20-14(19)11-7-9(15)8-12(16)13(11)18-10-3-2-5-17-6-4-10/h7-8,10,17-18H,2-6H2,1H3. The van der Waals surface area contributed by atoms with Crippen molar-refractivity contribution < 1.29 is 9.53 Å². The minimum Gasteiger partial charge on any atom is -0.465 e. The van der Waals surface area contributed by atoms with Crippen molar-refractivity contribution in [2.45, 2.75) is 25.3 Å². The van der Waals surface area contributed by atoms with E-state index in [-0.39, 0.29) is 5.97 Å². The van der Waals surface area contributed by atoms with Crippen molar-refractivity contribution in [3.63, 3.8) is 0 Å². The fourth-order valence-corrected chi connectivity index (χ4v) is 3.70. The normalized spacial score (nSPS) is 19.2. The number of esters is 1. The van der Waals surface area contributed by atoms with Crippen LogP contribution in [-0.4, -0.2) is 32.2 Å². The van der Waals surface area contributed by atoms with E-state index < -0.39 is 0 Å². The Morgan fingerprint density at radius 1 is 1.35 bits per heavy atom. The molecule has 0 saturated carbocycles. The summed E-state index contributed by atoms with van der Waals surface area (Å²) in [7, 11) is 1.40. The number of rotatable bonds is 3. The molecule has 110 valence electrons. The number of hydrogen-bond acceptors (Lipinski definition) is 4. The Morgan fingerprint density at radius 3 is 2.90 bits per heavy atom. The van der Waals surface area contributed by atoms with Gasteiger partial charge in [0.1, 0.15) is 0 Å². The molecule has 4 nitrogen and oxygen atoms in total. The molecule has 6 heteroatoms. The molecule has 2 N–H and O–H groups in total. The summed E-state index contributed by atoms with van der Waals surface area (Å²) in [6, 6.07) is 4.09. The average molecular weight is 406 g/mol. The molecule has 0 aromatic heterocycles. The van der Waals surface area contributed by atoms with Crippen LogP contribution in [0, 0.1) is 0 Å². The lowest BCUT2D eigenvalue weighted by Gasteiger charge is -2.20. The largest absolute Gasteiger partial charge is 0.465 e. The van der Waals surface area contributed by atoms with Gasteiger partial charge in [-0.3, -0.25) is 0 Å². The van der Waals surface area contributed by atoms with Crippen LogP contribution in [0.2, 0.25) is 0 Å². The number of methoxy groups -OCH3 is 1. The second-order valence-electron chi connectivity index (χ2n) is 4.82. The fourth-order valence-electron chi connectivity index (χ4n) is 2.36. The first-order valence-corrected chi connectivity index (χ1v) is 8.25. The predicted octanol–water partition coefficient (Wildman–Crippen LogP) is 3.55. The van der Waals surface area contributed by atoms with Crippen molar-refractivity contribution in [2.24, 2.45) is 0 Å². The van der Waals surface area contributed by atoms with E-state index in [2.05, 4.69) is 42.5 Å². The van der Waals surface area contributed by atoms with E-state index >= 15 is 0 Å². The highest BCUT2D eigenvalue weighted by atomic mass is 79.9. The smallest absolute Gasteiger partial charge is 0.340 e. The van der Waals surface area contributed by atoms with Crippen molar-refractivity contribution in [1.29, 1.82) is 0 Å². The average Bonchev–Trinajstić information content (AvgIpc) is 2.69. The quantitative estimate of drug-likeness (QED) is 0.755. The van der Waals surface area contributed by atoms with Crippen molar-refractivity contribution in [2.75, 3.05) is 25.5 Å². The van der Waals surface area contributed by atoms with Crippen molar-refractivity contribution in [3.8, 4) is 0 Å². The number of hydrogen-bond donors (Lipinski definition) is 2. The van der Waals surface area contributed by atoms with Gasteiger partial charge in [-0.2, -0.15) is 0 Å². The van der Waals surface area contributed by atoms with E-state index in [9.17, 15) is 4.79 Å². The molecule has 1 fully saturated rings. The van der Waals surface area contributed by atoms with Gasteiger partial charge in [0, 0.05) is 15.0 Å². The third kappa shape index (κ3) is 3.96. The third-order valence-electron chi connectivity index (χ3n) is 3.38. The Bertz CT molecular complexity index is 486. The molecule has 1 aliphatic rings. The lowest BCUT2D eigenvalue weighted by molar-refractivity contribution is 0.0601. The Balaban J connectivity index is 2.26. The summed E-state index contributed by atoms with van der Waals surface area (Å²) in [4.78, 5) is 11.9. The summed E-state index contributed by atoms with van der Waals surface area (Å²) < 4.78 is 6.58. The second-order valence-corrected chi connectivity index (χ2v) is 6.59. The van der Waals surface area contributed by atoms with Crippen molar-refractivity contribution in [1.82, 2.24) is 5.32 Å². The summed E-state index contributed by atoms with van der Waals surface area (Å²) in [5.41, 5.74) is 1.36. The molecule has 2 rings (SSSR count). The minimum atomic E-state index is -0.332. The molecule has 1 aromatic rings. The molecular formula is C14H18Br2N2O2. The molecule has 1 saturated heterocycles. The van der Waals surface area contributed by atoms with Gasteiger partial charge < -0.3 is 15.4 Å². The highest BCUT2D eigenvalue weighted by molar-refractivity contribution is 9.11. The molecule has 1 atom stereocenters. The van der Waals surface area contributed by atoms with Crippen molar-refractivity contribution >= 4 is 43.5 Å². The Morgan fingerprint density at radius 2 is 2.15 bits per heavy atom. The number of benzene rings is 1. The van der Waals surface area contributed by atoms with Crippen LogP contribution in [0.1, 0.15) is 29.6 Å². The van der Waals surface area contributed by atoms with Crippen LogP contribution < -0.4 is 10.6 Å². The minimum absolute atomic E-state index is 0.332. The van der Waals surface area contributed by atoms with Gasteiger partial charge in [0.2, 0.25) is 0 Å². The Labute approximate surface area is 135 Å². The van der Waals surface area contributed by atoms with E-state index in [1.807, 2.05) is 6.07 Å². The molecular weight excluding hydrogens is 388 g/mol. The van der Waals surface area contributed by atoms with Crippen LogP contribution in [-0.2, 0) is 4.74 Å². The summed E-state index contributed by atoms with van der Waals surface area (Å²) >= 11 is 6.93. The molecule has 1 aliphatic heterocycles. The summed E-state index contributed by atoms with van der Waals surface area (Å²) in [6.45, 7) is 2.06. The van der Waals surface area contributed by atoms with Gasteiger partial charge in [-0.25, -0.2) is 4.79 Å². The third-order valence-corrected chi connectivity index (χ3v) is 4.47. The molecule has 1 aromatic carbocycles. The highest BCUT2D eigenvalue weighted by Gasteiger charge is 2.19. The first-order chi connectivity index (χ1) is 9.61. The van der Waals surface area contributed by atoms with Gasteiger partial charge in [-0.05, 0) is 60.4 Å². The monoisotopic (exact) mass is 404 g/mol. The Kier molecular flexibility index (Phi) is 5.86. The first-order valence-electron chi connectivity index (χ1n) is 6.66. The van der Waals surface area contributed by atoms with Crippen LogP contribution in [0.4, 0.5) is 5.69 Å². The maximum absolute atomic E-state index is 11.9. The fraction of sp³-hybridized carbons (Fsp3) is 0.500. The zero-order valence-electron chi connectivity index (χ0n) is 11.3. The first kappa shape index (κ1) is 15.8. The number of carbonyl (C=O) groups excluding carboxylic acids is 1. The van der Waals surface area contributed by atoms with Gasteiger partial charge >= 0.3 is 5.97 Å². The topological polar surface area (TPSA) is 50.4 Å². The highest BCUT2D eigenvalue weighted by Crippen LogP contribution is 2.32. The maximum atomic E-state index is 11.9. The molecule has 0 spiro atoms. The molecule has 0 aliphatic carbocycles. The maximum Gasteiger partial charge on any atom is 0.340 e. The van der Waals surface area contributed by atoms with Crippen molar-refractivity contribution in [3.05, 3.63) is 26.6 Å².